The summed E-state index contributed by atoms with van der Waals surface area (Å²) in [6, 6.07) is 4.53. The molecule has 1 aliphatic heterocycles. The Morgan fingerprint density at radius 1 is 1.35 bits per heavy atom. The third-order valence-corrected chi connectivity index (χ3v) is 5.30. The number of anilines is 2. The summed E-state index contributed by atoms with van der Waals surface area (Å²) in [5.74, 6) is 1.18. The predicted molar refractivity (Wildman–Crippen MR) is 116 cm³/mol. The standard InChI is InChI=1S/C19H15Cl2N7O3/c1-8(2)11-7-24-17(23)10(11)5-15-27(21)14-4-9(3-12(20)16(14)31-15)28-19(30)25-18(29)13(6-22)26-28/h3-5,7-8,24H,23H2,1-2H3,(H,25,29,30)/b15-5+. The Hall–Kier alpha value is -3.68. The lowest BCUT2D eigenvalue weighted by Crippen LogP contribution is -2.33. The second kappa shape index (κ2) is 7.54. The molecular weight excluding hydrogens is 445 g/mol. The molecule has 10 nitrogen and oxygen atoms in total. The third-order valence-electron chi connectivity index (χ3n) is 4.67. The molecule has 0 saturated heterocycles. The number of nitrogen functional groups attached to an aromatic ring is 1. The van der Waals surface area contributed by atoms with Gasteiger partial charge in [0.1, 0.15) is 17.6 Å². The van der Waals surface area contributed by atoms with Crippen molar-refractivity contribution in [3.05, 3.63) is 66.9 Å². The van der Waals surface area contributed by atoms with E-state index in [1.54, 1.807) is 12.1 Å². The van der Waals surface area contributed by atoms with Crippen LogP contribution < -0.4 is 26.1 Å². The van der Waals surface area contributed by atoms with Gasteiger partial charge < -0.3 is 15.5 Å². The van der Waals surface area contributed by atoms with Crippen LogP contribution in [0.15, 0.2) is 33.8 Å². The summed E-state index contributed by atoms with van der Waals surface area (Å²) < 4.78 is 7.91. The van der Waals surface area contributed by atoms with E-state index in [2.05, 4.69) is 10.1 Å². The van der Waals surface area contributed by atoms with Crippen molar-refractivity contribution in [2.24, 2.45) is 0 Å². The average Bonchev–Trinajstić information content (AvgIpc) is 3.23. The minimum atomic E-state index is -0.881. The van der Waals surface area contributed by atoms with E-state index in [0.29, 0.717) is 11.5 Å². The zero-order valence-electron chi connectivity index (χ0n) is 16.2. The fraction of sp³-hybridized carbons (Fsp3) is 0.158. The van der Waals surface area contributed by atoms with Crippen molar-refractivity contribution in [1.29, 1.82) is 5.26 Å². The number of fused-ring (bicyclic) bond motifs is 1. The van der Waals surface area contributed by atoms with E-state index in [1.165, 1.54) is 16.6 Å². The summed E-state index contributed by atoms with van der Waals surface area (Å²) in [4.78, 5) is 28.8. The van der Waals surface area contributed by atoms with Crippen LogP contribution in [-0.2, 0) is 0 Å². The second-order valence-corrected chi connectivity index (χ2v) is 7.74. The van der Waals surface area contributed by atoms with Gasteiger partial charge >= 0.3 is 5.69 Å². The molecule has 0 radical (unpaired) electrons. The van der Waals surface area contributed by atoms with Crippen LogP contribution in [0.2, 0.25) is 5.02 Å². The van der Waals surface area contributed by atoms with Gasteiger partial charge in [-0.15, -0.1) is 5.10 Å². The van der Waals surface area contributed by atoms with Crippen molar-refractivity contribution in [1.82, 2.24) is 19.7 Å². The topological polar surface area (TPSA) is 146 Å². The summed E-state index contributed by atoms with van der Waals surface area (Å²) in [6.45, 7) is 4.06. The summed E-state index contributed by atoms with van der Waals surface area (Å²) in [5.41, 5.74) is 6.10. The molecule has 0 spiro atoms. The van der Waals surface area contributed by atoms with Gasteiger partial charge in [-0.1, -0.05) is 25.4 Å². The Morgan fingerprint density at radius 3 is 2.77 bits per heavy atom. The summed E-state index contributed by atoms with van der Waals surface area (Å²) >= 11 is 12.8. The molecule has 0 unspecified atom stereocenters. The van der Waals surface area contributed by atoms with Crippen molar-refractivity contribution in [2.75, 3.05) is 10.2 Å². The Bertz CT molecular complexity index is 1390. The van der Waals surface area contributed by atoms with Crippen molar-refractivity contribution in [3.63, 3.8) is 0 Å². The number of nitrogens with one attached hydrogen (secondary N) is 2. The predicted octanol–water partition coefficient (Wildman–Crippen LogP) is 2.83. The van der Waals surface area contributed by atoms with Crippen LogP contribution in [0.1, 0.15) is 36.6 Å². The zero-order chi connectivity index (χ0) is 22.4. The van der Waals surface area contributed by atoms with Gasteiger partial charge in [0.25, 0.3) is 5.56 Å². The molecule has 0 atom stereocenters. The smallest absolute Gasteiger partial charge is 0.349 e. The highest BCUT2D eigenvalue weighted by atomic mass is 35.5. The van der Waals surface area contributed by atoms with Gasteiger partial charge in [-0.25, -0.2) is 9.21 Å². The summed E-state index contributed by atoms with van der Waals surface area (Å²) in [7, 11) is 0. The number of H-pyrrole nitrogens is 2. The van der Waals surface area contributed by atoms with E-state index in [-0.39, 0.29) is 28.3 Å². The van der Waals surface area contributed by atoms with Gasteiger partial charge in [-0.2, -0.15) is 9.94 Å². The largest absolute Gasteiger partial charge is 0.436 e. The third kappa shape index (κ3) is 3.43. The number of nitrogens with two attached hydrogens (primary N) is 1. The number of hydrogen-bond acceptors (Lipinski definition) is 7. The highest BCUT2D eigenvalue weighted by Gasteiger charge is 2.30. The van der Waals surface area contributed by atoms with E-state index in [4.69, 9.17) is 39.1 Å². The average molecular weight is 460 g/mol. The number of nitrogens with zero attached hydrogens (tertiary/aromatic N) is 4. The van der Waals surface area contributed by atoms with Crippen LogP contribution in [0.4, 0.5) is 11.5 Å². The van der Waals surface area contributed by atoms with Crippen LogP contribution in [0.5, 0.6) is 5.75 Å². The molecule has 2 aromatic heterocycles. The molecule has 1 aliphatic rings. The number of nitriles is 1. The van der Waals surface area contributed by atoms with Crippen molar-refractivity contribution in [2.45, 2.75) is 19.8 Å². The van der Waals surface area contributed by atoms with Crippen molar-refractivity contribution >= 4 is 41.0 Å². The number of benzene rings is 1. The highest BCUT2D eigenvalue weighted by Crippen LogP contribution is 2.47. The first-order valence-corrected chi connectivity index (χ1v) is 9.72. The monoisotopic (exact) mass is 459 g/mol. The Balaban J connectivity index is 1.81. The van der Waals surface area contributed by atoms with Crippen LogP contribution in [0, 0.1) is 11.3 Å². The molecule has 0 bridgehead atoms. The lowest BCUT2D eigenvalue weighted by molar-refractivity contribution is 0.455. The molecule has 0 saturated carbocycles. The molecule has 3 heterocycles. The Labute approximate surface area is 185 Å². The lowest BCUT2D eigenvalue weighted by Gasteiger charge is -2.10. The van der Waals surface area contributed by atoms with E-state index in [1.807, 2.05) is 25.0 Å². The molecule has 0 aliphatic carbocycles. The molecule has 158 valence electrons. The molecule has 0 amide bonds. The van der Waals surface area contributed by atoms with Gasteiger partial charge in [0.15, 0.2) is 5.75 Å². The molecule has 4 rings (SSSR count). The van der Waals surface area contributed by atoms with Gasteiger partial charge in [0.05, 0.1) is 10.7 Å². The minimum absolute atomic E-state index is 0.145. The SMILES string of the molecule is CC(C)c1c[nH]c(N)c1/C=C1/Oc2c(Cl)cc(-n3nc(C#N)c(=O)[nH]c3=O)cc2N1Cl. The summed E-state index contributed by atoms with van der Waals surface area (Å²) in [6.07, 6.45) is 3.50. The zero-order valence-corrected chi connectivity index (χ0v) is 17.7. The summed E-state index contributed by atoms with van der Waals surface area (Å²) in [5, 5.41) is 13.0. The molecule has 0 fully saturated rings. The maximum absolute atomic E-state index is 12.2. The minimum Gasteiger partial charge on any atom is -0.436 e. The van der Waals surface area contributed by atoms with E-state index in [9.17, 15) is 9.59 Å². The number of aromatic amines is 2. The number of ether oxygens (including phenoxy) is 1. The first-order chi connectivity index (χ1) is 14.7. The fourth-order valence-corrected chi connectivity index (χ4v) is 3.62. The van der Waals surface area contributed by atoms with Gasteiger partial charge in [0.2, 0.25) is 11.6 Å². The fourth-order valence-electron chi connectivity index (χ4n) is 3.16. The Morgan fingerprint density at radius 2 is 2.10 bits per heavy atom. The number of halogens is 2. The van der Waals surface area contributed by atoms with E-state index < -0.39 is 16.9 Å². The molecule has 12 heteroatoms. The van der Waals surface area contributed by atoms with Gasteiger partial charge in [0, 0.05) is 29.6 Å². The molecule has 3 aromatic rings. The molecule has 4 N–H and O–H groups in total. The quantitative estimate of drug-likeness (QED) is 0.510. The maximum atomic E-state index is 12.2. The van der Waals surface area contributed by atoms with Gasteiger partial charge in [-0.3, -0.25) is 9.78 Å². The number of hydrogen-bond donors (Lipinski definition) is 3. The maximum Gasteiger partial charge on any atom is 0.349 e. The first-order valence-electron chi connectivity index (χ1n) is 9.01. The number of aromatic nitrogens is 4. The van der Waals surface area contributed by atoms with Crippen LogP contribution in [0.3, 0.4) is 0 Å². The van der Waals surface area contributed by atoms with Crippen LogP contribution in [-0.4, -0.2) is 19.7 Å². The molecular formula is C19H15Cl2N7O3. The van der Waals surface area contributed by atoms with Crippen molar-refractivity contribution < 1.29 is 4.74 Å². The molecule has 1 aromatic carbocycles. The van der Waals surface area contributed by atoms with Crippen molar-refractivity contribution in [3.8, 4) is 17.5 Å². The lowest BCUT2D eigenvalue weighted by atomic mass is 10.0. The second-order valence-electron chi connectivity index (χ2n) is 7.00. The Kier molecular flexibility index (Phi) is 5.00. The van der Waals surface area contributed by atoms with Gasteiger partial charge in [-0.05, 0) is 23.6 Å². The van der Waals surface area contributed by atoms with E-state index >= 15 is 0 Å². The van der Waals surface area contributed by atoms with Crippen LogP contribution in [0.25, 0.3) is 11.8 Å². The molecule has 31 heavy (non-hydrogen) atoms. The first kappa shape index (κ1) is 20.6. The van der Waals surface area contributed by atoms with Crippen LogP contribution >= 0.6 is 23.4 Å². The highest BCUT2D eigenvalue weighted by molar-refractivity contribution is 6.34. The van der Waals surface area contributed by atoms with E-state index in [0.717, 1.165) is 15.8 Å². The number of rotatable bonds is 3. The normalized spacial score (nSPS) is 14.1.